The Kier molecular flexibility index (Phi) is 4.90. The van der Waals surface area contributed by atoms with Crippen LogP contribution in [0.25, 0.3) is 0 Å². The molecular weight excluding hydrogens is 305 g/mol. The van der Waals surface area contributed by atoms with E-state index in [1.807, 2.05) is 0 Å². The fraction of sp³-hybridized carbons (Fsp3) is 0.538. The van der Waals surface area contributed by atoms with Gasteiger partial charge in [-0.3, -0.25) is 4.90 Å². The molecule has 1 atom stereocenters. The first-order valence-electron chi connectivity index (χ1n) is 6.67. The fourth-order valence-electron chi connectivity index (χ4n) is 2.47. The minimum Gasteiger partial charge on any atom is -0.298 e. The van der Waals surface area contributed by atoms with E-state index in [1.165, 1.54) is 0 Å². The zero-order valence-electron chi connectivity index (χ0n) is 11.6. The highest BCUT2D eigenvalue weighted by Gasteiger charge is 2.32. The van der Waals surface area contributed by atoms with Crippen molar-refractivity contribution in [1.29, 1.82) is 0 Å². The Balaban J connectivity index is 2.03. The summed E-state index contributed by atoms with van der Waals surface area (Å²) in [4.78, 5) is 1.78. The van der Waals surface area contributed by atoms with Gasteiger partial charge < -0.3 is 0 Å². The molecule has 1 aromatic carbocycles. The molecule has 1 N–H and O–H groups in total. The lowest BCUT2D eigenvalue weighted by Crippen LogP contribution is -2.36. The molecule has 1 heterocycles. The molecule has 4 nitrogen and oxygen atoms in total. The summed E-state index contributed by atoms with van der Waals surface area (Å²) >= 11 is 0. The molecule has 0 spiro atoms. The molecule has 0 saturated carbocycles. The van der Waals surface area contributed by atoms with Crippen LogP contribution in [0.15, 0.2) is 12.1 Å². The third-order valence-corrected chi connectivity index (χ3v) is 5.42. The first-order valence-corrected chi connectivity index (χ1v) is 8.22. The third kappa shape index (κ3) is 3.75. The van der Waals surface area contributed by atoms with Crippen molar-refractivity contribution in [3.8, 4) is 0 Å². The van der Waals surface area contributed by atoms with Crippen LogP contribution in [0.3, 0.4) is 0 Å². The monoisotopic (exact) mass is 322 g/mol. The largest absolute Gasteiger partial charge is 0.298 e. The number of nitrogens with zero attached hydrogens (tertiary/aromatic N) is 1. The highest BCUT2D eigenvalue weighted by molar-refractivity contribution is 7.90. The van der Waals surface area contributed by atoms with Gasteiger partial charge in [0.05, 0.1) is 5.25 Å². The third-order valence-electron chi connectivity index (χ3n) is 3.46. The Morgan fingerprint density at radius 1 is 1.29 bits per heavy atom. The number of rotatable bonds is 5. The van der Waals surface area contributed by atoms with Crippen LogP contribution in [0.1, 0.15) is 18.9 Å². The van der Waals surface area contributed by atoms with Gasteiger partial charge in [-0.25, -0.2) is 26.3 Å². The average Bonchev–Trinajstić information content (AvgIpc) is 2.85. The molecule has 8 heteroatoms. The second-order valence-electron chi connectivity index (χ2n) is 5.06. The van der Waals surface area contributed by atoms with E-state index in [0.29, 0.717) is 19.5 Å². The van der Waals surface area contributed by atoms with Crippen molar-refractivity contribution in [2.45, 2.75) is 25.1 Å². The lowest BCUT2D eigenvalue weighted by atomic mass is 10.2. The molecule has 1 fully saturated rings. The minimum atomic E-state index is -3.36. The highest BCUT2D eigenvalue weighted by Crippen LogP contribution is 2.20. The Morgan fingerprint density at radius 2 is 1.90 bits per heavy atom. The van der Waals surface area contributed by atoms with Crippen LogP contribution in [0.2, 0.25) is 0 Å². The summed E-state index contributed by atoms with van der Waals surface area (Å²) in [7, 11) is -3.36. The number of hydrogen-bond donors (Lipinski definition) is 1. The van der Waals surface area contributed by atoms with Gasteiger partial charge in [0.1, 0.15) is 0 Å². The number of sulfonamides is 1. The molecule has 21 heavy (non-hydrogen) atoms. The Bertz CT molecular complexity index is 599. The van der Waals surface area contributed by atoms with Gasteiger partial charge in [-0.05, 0) is 30.7 Å². The maximum atomic E-state index is 13.1. The Morgan fingerprint density at radius 3 is 2.48 bits per heavy atom. The lowest BCUT2D eigenvalue weighted by molar-refractivity contribution is 0.328. The van der Waals surface area contributed by atoms with Gasteiger partial charge in [0.25, 0.3) is 0 Å². The SMILES string of the molecule is CCNS(=O)(=O)[C@@H]1CCN(Cc2cc(F)c(F)c(F)c2)C1. The van der Waals surface area contributed by atoms with Gasteiger partial charge in [-0.1, -0.05) is 6.92 Å². The van der Waals surface area contributed by atoms with E-state index in [9.17, 15) is 21.6 Å². The van der Waals surface area contributed by atoms with Gasteiger partial charge in [0.15, 0.2) is 17.5 Å². The molecule has 1 aliphatic rings. The topological polar surface area (TPSA) is 49.4 Å². The van der Waals surface area contributed by atoms with Gasteiger partial charge in [-0.2, -0.15) is 0 Å². The molecule has 118 valence electrons. The summed E-state index contributed by atoms with van der Waals surface area (Å²) in [5, 5.41) is -0.535. The molecule has 0 aliphatic carbocycles. The summed E-state index contributed by atoms with van der Waals surface area (Å²) < 4.78 is 65.4. The predicted molar refractivity (Wildman–Crippen MR) is 72.6 cm³/mol. The lowest BCUT2D eigenvalue weighted by Gasteiger charge is -2.16. The summed E-state index contributed by atoms with van der Waals surface area (Å²) in [6, 6.07) is 1.87. The number of hydrogen-bond acceptors (Lipinski definition) is 3. The Labute approximate surface area is 122 Å². The first-order chi connectivity index (χ1) is 9.83. The van der Waals surface area contributed by atoms with Gasteiger partial charge >= 0.3 is 0 Å². The summed E-state index contributed by atoms with van der Waals surface area (Å²) in [5.74, 6) is -3.96. The van der Waals surface area contributed by atoms with Crippen molar-refractivity contribution in [3.63, 3.8) is 0 Å². The maximum absolute atomic E-state index is 13.1. The first kappa shape index (κ1) is 16.3. The standard InChI is InChI=1S/C13H17F3N2O2S/c1-2-17-21(19,20)10-3-4-18(8-10)7-9-5-11(14)13(16)12(15)6-9/h5-6,10,17H,2-4,7-8H2,1H3/t10-/m1/s1. The van der Waals surface area contributed by atoms with Crippen LogP contribution in [-0.4, -0.2) is 38.2 Å². The molecular formula is C13H17F3N2O2S. The van der Waals surface area contributed by atoms with Gasteiger partial charge in [-0.15, -0.1) is 0 Å². The van der Waals surface area contributed by atoms with Crippen LogP contribution >= 0.6 is 0 Å². The predicted octanol–water partition coefficient (Wildman–Crippen LogP) is 1.62. The zero-order chi connectivity index (χ0) is 15.6. The summed E-state index contributed by atoms with van der Waals surface area (Å²) in [6.45, 7) is 3.01. The maximum Gasteiger partial charge on any atom is 0.215 e. The molecule has 1 aromatic rings. The summed E-state index contributed by atoms with van der Waals surface area (Å²) in [5.41, 5.74) is 0.285. The molecule has 0 unspecified atom stereocenters. The van der Waals surface area contributed by atoms with Crippen LogP contribution in [-0.2, 0) is 16.6 Å². The van der Waals surface area contributed by atoms with Crippen LogP contribution in [0.5, 0.6) is 0 Å². The average molecular weight is 322 g/mol. The van der Waals surface area contributed by atoms with Crippen molar-refractivity contribution in [2.75, 3.05) is 19.6 Å². The van der Waals surface area contributed by atoms with E-state index >= 15 is 0 Å². The van der Waals surface area contributed by atoms with E-state index in [-0.39, 0.29) is 18.7 Å². The van der Waals surface area contributed by atoms with Crippen LogP contribution in [0.4, 0.5) is 13.2 Å². The molecule has 0 amide bonds. The normalized spacial score (nSPS) is 20.1. The van der Waals surface area contributed by atoms with Gasteiger partial charge in [0.2, 0.25) is 10.0 Å². The van der Waals surface area contributed by atoms with Crippen LogP contribution < -0.4 is 4.72 Å². The van der Waals surface area contributed by atoms with Crippen LogP contribution in [0, 0.1) is 17.5 Å². The molecule has 2 rings (SSSR count). The number of benzene rings is 1. The van der Waals surface area contributed by atoms with Crippen molar-refractivity contribution >= 4 is 10.0 Å². The molecule has 0 aromatic heterocycles. The van der Waals surface area contributed by atoms with Gasteiger partial charge in [0, 0.05) is 19.6 Å². The quantitative estimate of drug-likeness (QED) is 0.838. The number of halogens is 3. The van der Waals surface area contributed by atoms with Crippen molar-refractivity contribution in [2.24, 2.45) is 0 Å². The van der Waals surface area contributed by atoms with E-state index in [4.69, 9.17) is 0 Å². The molecule has 1 aliphatic heterocycles. The second kappa shape index (κ2) is 6.33. The summed E-state index contributed by atoms with van der Waals surface area (Å²) in [6.07, 6.45) is 0.460. The van der Waals surface area contributed by atoms with E-state index < -0.39 is 32.7 Å². The number of nitrogens with one attached hydrogen (secondary N) is 1. The van der Waals surface area contributed by atoms with Crippen molar-refractivity contribution < 1.29 is 21.6 Å². The number of likely N-dealkylation sites (tertiary alicyclic amines) is 1. The molecule has 1 saturated heterocycles. The smallest absolute Gasteiger partial charge is 0.215 e. The van der Waals surface area contributed by atoms with E-state index in [2.05, 4.69) is 4.72 Å². The highest BCUT2D eigenvalue weighted by atomic mass is 32.2. The molecule has 0 radical (unpaired) electrons. The fourth-order valence-corrected chi connectivity index (χ4v) is 3.93. The van der Waals surface area contributed by atoms with Crippen molar-refractivity contribution in [1.82, 2.24) is 9.62 Å². The zero-order valence-corrected chi connectivity index (χ0v) is 12.4. The van der Waals surface area contributed by atoms with Crippen molar-refractivity contribution in [3.05, 3.63) is 35.1 Å². The second-order valence-corrected chi connectivity index (χ2v) is 7.11. The van der Waals surface area contributed by atoms with E-state index in [1.54, 1.807) is 11.8 Å². The molecule has 0 bridgehead atoms. The Hall–Kier alpha value is -1.12. The minimum absolute atomic E-state index is 0.187. The van der Waals surface area contributed by atoms with E-state index in [0.717, 1.165) is 12.1 Å².